The van der Waals surface area contributed by atoms with Crippen LogP contribution in [0, 0.1) is 5.92 Å². The van der Waals surface area contributed by atoms with Crippen LogP contribution in [-0.2, 0) is 17.4 Å². The zero-order valence-electron chi connectivity index (χ0n) is 20.2. The molecule has 0 spiro atoms. The third kappa shape index (κ3) is 5.42. The average Bonchev–Trinajstić information content (AvgIpc) is 2.89. The lowest BCUT2D eigenvalue weighted by Crippen LogP contribution is -2.56. The second-order valence-corrected chi connectivity index (χ2v) is 10.6. The quantitative estimate of drug-likeness (QED) is 0.505. The fourth-order valence-electron chi connectivity index (χ4n) is 6.42. The van der Waals surface area contributed by atoms with Crippen LogP contribution < -0.4 is 5.32 Å². The van der Waals surface area contributed by atoms with Gasteiger partial charge in [0.05, 0.1) is 11.6 Å². The summed E-state index contributed by atoms with van der Waals surface area (Å²) in [6.07, 6.45) is 4.85. The van der Waals surface area contributed by atoms with E-state index in [0.29, 0.717) is 5.78 Å². The number of hydrogen-bond donors (Lipinski definition) is 1. The Balaban J connectivity index is 1.31. The predicted octanol–water partition coefficient (Wildman–Crippen LogP) is 6.83. The second-order valence-electron chi connectivity index (χ2n) is 10.6. The lowest BCUT2D eigenvalue weighted by Gasteiger charge is -2.43. The fraction of sp³-hybridized carbons (Fsp3) is 0.552. The molecular formula is C29H35F3N2O. The maximum absolute atomic E-state index is 13.9. The van der Waals surface area contributed by atoms with Crippen LogP contribution in [-0.4, -0.2) is 35.9 Å². The first-order valence-electron chi connectivity index (χ1n) is 13.2. The summed E-state index contributed by atoms with van der Waals surface area (Å²) < 4.78 is 38.9. The van der Waals surface area contributed by atoms with E-state index in [1.165, 1.54) is 24.1 Å². The van der Waals surface area contributed by atoms with E-state index in [4.69, 9.17) is 0 Å². The minimum absolute atomic E-state index is 0.0990. The van der Waals surface area contributed by atoms with Crippen LogP contribution in [0.1, 0.15) is 74.0 Å². The Morgan fingerprint density at radius 2 is 1.57 bits per heavy atom. The monoisotopic (exact) mass is 484 g/mol. The number of aryl methyl sites for hydroxylation is 1. The molecule has 3 nitrogen and oxygen atoms in total. The smallest absolute Gasteiger partial charge is 0.380 e. The molecule has 0 aromatic heterocycles. The number of para-hydroxylation sites is 1. The van der Waals surface area contributed by atoms with Crippen LogP contribution in [0.15, 0.2) is 48.5 Å². The molecule has 5 rings (SSSR count). The van der Waals surface area contributed by atoms with E-state index in [9.17, 15) is 18.0 Å². The van der Waals surface area contributed by atoms with E-state index in [-0.39, 0.29) is 23.9 Å². The van der Waals surface area contributed by atoms with Crippen molar-refractivity contribution in [2.75, 3.05) is 18.4 Å². The molecule has 1 aliphatic carbocycles. The number of nitrogens with zero attached hydrogens (tertiary/aromatic N) is 1. The molecule has 0 amide bonds. The number of likely N-dealkylation sites (tertiary alicyclic amines) is 1. The number of ketones is 1. The highest BCUT2D eigenvalue weighted by Gasteiger charge is 2.40. The maximum atomic E-state index is 13.9. The molecule has 2 fully saturated rings. The first kappa shape index (κ1) is 24.4. The molecule has 2 aliphatic heterocycles. The molecule has 1 saturated heterocycles. The summed E-state index contributed by atoms with van der Waals surface area (Å²) in [7, 11) is 0. The van der Waals surface area contributed by atoms with Gasteiger partial charge in [0.2, 0.25) is 0 Å². The highest BCUT2D eigenvalue weighted by molar-refractivity contribution is 5.88. The lowest BCUT2D eigenvalue weighted by molar-refractivity contribution is -0.137. The second kappa shape index (κ2) is 10.3. The third-order valence-corrected chi connectivity index (χ3v) is 8.40. The molecule has 2 heterocycles. The van der Waals surface area contributed by atoms with Gasteiger partial charge in [-0.1, -0.05) is 49.6 Å². The number of anilines is 1. The van der Waals surface area contributed by atoms with Crippen molar-refractivity contribution in [3.8, 4) is 0 Å². The van der Waals surface area contributed by atoms with Gasteiger partial charge in [-0.05, 0) is 86.9 Å². The first-order valence-corrected chi connectivity index (χ1v) is 13.2. The van der Waals surface area contributed by atoms with Gasteiger partial charge < -0.3 is 5.32 Å². The van der Waals surface area contributed by atoms with Crippen LogP contribution in [0.25, 0.3) is 0 Å². The standard InChI is InChI=1S/C29H35F3N2O/c30-29(31,32)24-13-10-20(11-14-24)21-16-18-34(19-17-21)27(28(35)23-7-2-1-3-8-23)26-15-12-22-6-4-5-9-25(22)33-26/h4-6,9-11,13-14,21,23,26-27,33H,1-3,7-8,12,15-19H2. The van der Waals surface area contributed by atoms with Gasteiger partial charge in [-0.2, -0.15) is 13.2 Å². The van der Waals surface area contributed by atoms with E-state index in [1.54, 1.807) is 12.1 Å². The summed E-state index contributed by atoms with van der Waals surface area (Å²) in [5.41, 5.74) is 2.83. The normalized spacial score (nSPS) is 23.3. The average molecular weight is 485 g/mol. The van der Waals surface area contributed by atoms with Crippen molar-refractivity contribution in [1.82, 2.24) is 4.90 Å². The minimum Gasteiger partial charge on any atom is -0.380 e. The number of fused-ring (bicyclic) bond motifs is 1. The fourth-order valence-corrected chi connectivity index (χ4v) is 6.42. The third-order valence-electron chi connectivity index (χ3n) is 8.40. The highest BCUT2D eigenvalue weighted by atomic mass is 19.4. The van der Waals surface area contributed by atoms with Crippen LogP contribution in [0.2, 0.25) is 0 Å². The van der Waals surface area contributed by atoms with Crippen molar-refractivity contribution >= 4 is 11.5 Å². The van der Waals surface area contributed by atoms with E-state index < -0.39 is 11.7 Å². The molecule has 2 atom stereocenters. The molecule has 6 heteroatoms. The zero-order chi connectivity index (χ0) is 24.4. The van der Waals surface area contributed by atoms with Crippen LogP contribution in [0.3, 0.4) is 0 Å². The number of piperidine rings is 1. The summed E-state index contributed by atoms with van der Waals surface area (Å²) >= 11 is 0. The SMILES string of the molecule is O=C(C1CCCCC1)C(C1CCc2ccccc2N1)N1CCC(c2ccc(C(F)(F)F)cc2)CC1. The molecule has 1 N–H and O–H groups in total. The van der Waals surface area contributed by atoms with Crippen molar-refractivity contribution in [2.24, 2.45) is 5.92 Å². The van der Waals surface area contributed by atoms with Crippen molar-refractivity contribution < 1.29 is 18.0 Å². The van der Waals surface area contributed by atoms with E-state index in [0.717, 1.165) is 75.7 Å². The Hall–Kier alpha value is -2.34. The van der Waals surface area contributed by atoms with E-state index in [1.807, 2.05) is 6.07 Å². The molecule has 0 bridgehead atoms. The summed E-state index contributed by atoms with van der Waals surface area (Å²) in [6, 6.07) is 14.0. The zero-order valence-corrected chi connectivity index (χ0v) is 20.2. The van der Waals surface area contributed by atoms with E-state index >= 15 is 0 Å². The molecule has 35 heavy (non-hydrogen) atoms. The van der Waals surface area contributed by atoms with Gasteiger partial charge >= 0.3 is 6.18 Å². The summed E-state index contributed by atoms with van der Waals surface area (Å²) in [6.45, 7) is 1.60. The summed E-state index contributed by atoms with van der Waals surface area (Å²) in [5, 5.41) is 3.71. The van der Waals surface area contributed by atoms with Gasteiger partial charge in [0.25, 0.3) is 0 Å². The molecule has 1 saturated carbocycles. The van der Waals surface area contributed by atoms with Gasteiger partial charge in [0, 0.05) is 17.6 Å². The Morgan fingerprint density at radius 1 is 0.886 bits per heavy atom. The molecule has 2 aromatic rings. The topological polar surface area (TPSA) is 32.3 Å². The van der Waals surface area contributed by atoms with Crippen molar-refractivity contribution in [3.63, 3.8) is 0 Å². The number of nitrogens with one attached hydrogen (secondary N) is 1. The van der Waals surface area contributed by atoms with Gasteiger partial charge in [-0.15, -0.1) is 0 Å². The molecule has 2 aromatic carbocycles. The molecule has 188 valence electrons. The number of carbonyl (C=O) groups excluding carboxylic acids is 1. The van der Waals surface area contributed by atoms with Gasteiger partial charge in [0.15, 0.2) is 5.78 Å². The number of Topliss-reactive ketones (excluding diaryl/α,β-unsaturated/α-hetero) is 1. The number of alkyl halides is 3. The van der Waals surface area contributed by atoms with Crippen LogP contribution in [0.4, 0.5) is 18.9 Å². The predicted molar refractivity (Wildman–Crippen MR) is 133 cm³/mol. The number of benzene rings is 2. The maximum Gasteiger partial charge on any atom is 0.416 e. The highest BCUT2D eigenvalue weighted by Crippen LogP contribution is 2.36. The number of hydrogen-bond acceptors (Lipinski definition) is 3. The Kier molecular flexibility index (Phi) is 7.19. The molecule has 2 unspecified atom stereocenters. The Labute approximate surface area is 206 Å². The minimum atomic E-state index is -4.31. The number of carbonyl (C=O) groups is 1. The number of rotatable bonds is 5. The largest absolute Gasteiger partial charge is 0.416 e. The number of halogens is 3. The van der Waals surface area contributed by atoms with E-state index in [2.05, 4.69) is 28.4 Å². The summed E-state index contributed by atoms with van der Waals surface area (Å²) in [4.78, 5) is 16.3. The van der Waals surface area contributed by atoms with Crippen LogP contribution >= 0.6 is 0 Å². The van der Waals surface area contributed by atoms with Gasteiger partial charge in [0.1, 0.15) is 0 Å². The summed E-state index contributed by atoms with van der Waals surface area (Å²) in [5.74, 6) is 0.786. The molecule has 3 aliphatic rings. The molecular weight excluding hydrogens is 449 g/mol. The Morgan fingerprint density at radius 3 is 2.26 bits per heavy atom. The first-order chi connectivity index (χ1) is 16.9. The Bertz CT molecular complexity index is 1010. The van der Waals surface area contributed by atoms with Crippen molar-refractivity contribution in [1.29, 1.82) is 0 Å². The van der Waals surface area contributed by atoms with Gasteiger partial charge in [-0.3, -0.25) is 9.69 Å². The lowest BCUT2D eigenvalue weighted by atomic mass is 9.79. The van der Waals surface area contributed by atoms with Crippen molar-refractivity contribution in [2.45, 2.75) is 82.0 Å². The molecule has 0 radical (unpaired) electrons. The van der Waals surface area contributed by atoms with Gasteiger partial charge in [-0.25, -0.2) is 0 Å². The van der Waals surface area contributed by atoms with Crippen LogP contribution in [0.5, 0.6) is 0 Å². The van der Waals surface area contributed by atoms with Crippen molar-refractivity contribution in [3.05, 3.63) is 65.2 Å².